The first-order valence-electron chi connectivity index (χ1n) is 6.29. The molecule has 0 N–H and O–H groups in total. The highest BCUT2D eigenvalue weighted by Crippen LogP contribution is 2.19. The van der Waals surface area contributed by atoms with Gasteiger partial charge in [0.1, 0.15) is 0 Å². The van der Waals surface area contributed by atoms with E-state index in [0.29, 0.717) is 12.0 Å². The number of aryl methyl sites for hydroxylation is 1. The number of hydrogen-bond acceptors (Lipinski definition) is 2. The van der Waals surface area contributed by atoms with Gasteiger partial charge >= 0.3 is 6.98 Å². The third kappa shape index (κ3) is 3.76. The van der Waals surface area contributed by atoms with Gasteiger partial charge in [0.25, 0.3) is 0 Å². The summed E-state index contributed by atoms with van der Waals surface area (Å²) in [6.07, 6.45) is 3.83. The lowest BCUT2D eigenvalue weighted by atomic mass is 9.78. The minimum atomic E-state index is -5.07. The highest BCUT2D eigenvalue weighted by molar-refractivity contribution is 6.74. The molecular weight excluding hydrogens is 266 g/mol. The molecule has 106 valence electrons. The molecular formula is C14H14BF3NO-. The fraction of sp³-hybridized carbons (Fsp3) is 0.214. The molecule has 0 spiro atoms. The molecule has 0 aliphatic carbocycles. The Balaban J connectivity index is 2.06. The van der Waals surface area contributed by atoms with Gasteiger partial charge in [-0.2, -0.15) is 0 Å². The zero-order valence-corrected chi connectivity index (χ0v) is 11.0. The highest BCUT2D eigenvalue weighted by atomic mass is 19.4. The van der Waals surface area contributed by atoms with E-state index in [9.17, 15) is 12.9 Å². The second kappa shape index (κ2) is 5.99. The van der Waals surface area contributed by atoms with Gasteiger partial charge in [-0.15, -0.1) is 0 Å². The molecule has 0 unspecified atom stereocenters. The van der Waals surface area contributed by atoms with E-state index in [1.165, 1.54) is 6.07 Å². The quantitative estimate of drug-likeness (QED) is 0.785. The number of pyridine rings is 1. The van der Waals surface area contributed by atoms with Crippen LogP contribution in [-0.2, 0) is 6.42 Å². The first-order valence-corrected chi connectivity index (χ1v) is 6.29. The van der Waals surface area contributed by atoms with Crippen LogP contribution in [0.5, 0.6) is 5.75 Å². The Morgan fingerprint density at radius 2 is 1.80 bits per heavy atom. The van der Waals surface area contributed by atoms with E-state index in [0.717, 1.165) is 11.6 Å². The van der Waals surface area contributed by atoms with Crippen LogP contribution in [0.25, 0.3) is 0 Å². The Morgan fingerprint density at radius 1 is 1.10 bits per heavy atom. The molecule has 2 rings (SSSR count). The normalized spacial score (nSPS) is 11.4. The molecule has 20 heavy (non-hydrogen) atoms. The zero-order chi connectivity index (χ0) is 14.6. The fourth-order valence-corrected chi connectivity index (χ4v) is 1.88. The Bertz CT molecular complexity index is 572. The summed E-state index contributed by atoms with van der Waals surface area (Å²) in [6.45, 7) is -3.23. The molecule has 0 aliphatic rings. The van der Waals surface area contributed by atoms with E-state index in [1.807, 2.05) is 12.1 Å². The van der Waals surface area contributed by atoms with E-state index in [1.54, 1.807) is 25.4 Å². The van der Waals surface area contributed by atoms with Crippen LogP contribution in [-0.4, -0.2) is 18.6 Å². The van der Waals surface area contributed by atoms with Crippen molar-refractivity contribution in [3.63, 3.8) is 0 Å². The molecule has 0 radical (unpaired) electrons. The van der Waals surface area contributed by atoms with Gasteiger partial charge in [-0.05, 0) is 30.7 Å². The summed E-state index contributed by atoms with van der Waals surface area (Å²) in [5, 5.41) is 0. The Kier molecular flexibility index (Phi) is 4.32. The first-order chi connectivity index (χ1) is 9.47. The first kappa shape index (κ1) is 14.4. The number of aromatic nitrogens is 1. The van der Waals surface area contributed by atoms with Gasteiger partial charge in [0.2, 0.25) is 0 Å². The second-order valence-electron chi connectivity index (χ2n) is 4.57. The summed E-state index contributed by atoms with van der Waals surface area (Å²) in [4.78, 5) is 3.88. The van der Waals surface area contributed by atoms with E-state index in [4.69, 9.17) is 4.74 Å². The van der Waals surface area contributed by atoms with Crippen LogP contribution in [0.15, 0.2) is 42.7 Å². The number of rotatable bonds is 5. The van der Waals surface area contributed by atoms with Gasteiger partial charge in [0.05, 0.1) is 12.4 Å². The van der Waals surface area contributed by atoms with E-state index >= 15 is 0 Å². The van der Waals surface area contributed by atoms with E-state index < -0.39 is 12.4 Å². The number of nitrogens with zero attached hydrogens (tertiary/aromatic N) is 1. The van der Waals surface area contributed by atoms with Crippen LogP contribution in [0.1, 0.15) is 11.1 Å². The van der Waals surface area contributed by atoms with Gasteiger partial charge in [0, 0.05) is 18.8 Å². The fourth-order valence-electron chi connectivity index (χ4n) is 1.88. The Morgan fingerprint density at radius 3 is 2.45 bits per heavy atom. The average Bonchev–Trinajstić information content (AvgIpc) is 2.40. The lowest BCUT2D eigenvalue weighted by Crippen LogP contribution is -2.35. The maximum absolute atomic E-state index is 13.0. The second-order valence-corrected chi connectivity index (χ2v) is 4.57. The van der Waals surface area contributed by atoms with Gasteiger partial charge in [0.15, 0.2) is 0 Å². The predicted molar refractivity (Wildman–Crippen MR) is 73.3 cm³/mol. The molecule has 0 saturated heterocycles. The third-order valence-electron chi connectivity index (χ3n) is 2.92. The molecule has 0 saturated carbocycles. The molecule has 0 fully saturated rings. The standard InChI is InChI=1S/C14H14BF3NO/c1-11-2-3-14(13(10-11)15(16,17)18)20-9-6-12-4-7-19-8-5-12/h2-5,7-8,10H,6,9H2,1H3/q-1. The van der Waals surface area contributed by atoms with E-state index in [2.05, 4.69) is 4.98 Å². The Hall–Kier alpha value is -1.98. The number of benzene rings is 1. The minimum Gasteiger partial charge on any atom is -0.496 e. The van der Waals surface area contributed by atoms with Gasteiger partial charge in [-0.1, -0.05) is 23.2 Å². The van der Waals surface area contributed by atoms with Crippen LogP contribution in [0, 0.1) is 6.92 Å². The average molecular weight is 280 g/mol. The van der Waals surface area contributed by atoms with Gasteiger partial charge in [-0.3, -0.25) is 4.98 Å². The van der Waals surface area contributed by atoms with Crippen molar-refractivity contribution in [2.75, 3.05) is 6.61 Å². The van der Waals surface area contributed by atoms with Crippen LogP contribution in [0.2, 0.25) is 0 Å². The van der Waals surface area contributed by atoms with Crippen molar-refractivity contribution in [1.29, 1.82) is 0 Å². The van der Waals surface area contributed by atoms with Crippen LogP contribution in [0.3, 0.4) is 0 Å². The largest absolute Gasteiger partial charge is 0.513 e. The maximum Gasteiger partial charge on any atom is 0.513 e. The van der Waals surface area contributed by atoms with Crippen molar-refractivity contribution in [3.8, 4) is 5.75 Å². The third-order valence-corrected chi connectivity index (χ3v) is 2.92. The molecule has 6 heteroatoms. The lowest BCUT2D eigenvalue weighted by molar-refractivity contribution is 0.322. The maximum atomic E-state index is 13.0. The SMILES string of the molecule is Cc1ccc(OCCc2ccncc2)c([B-](F)(F)F)c1. The number of ether oxygens (including phenoxy) is 1. The van der Waals surface area contributed by atoms with E-state index in [-0.39, 0.29) is 12.4 Å². The van der Waals surface area contributed by atoms with Crippen LogP contribution < -0.4 is 10.2 Å². The Labute approximate surface area is 115 Å². The molecule has 2 aromatic rings. The molecule has 0 aliphatic heterocycles. The van der Waals surface area contributed by atoms with Crippen LogP contribution >= 0.6 is 0 Å². The monoisotopic (exact) mass is 280 g/mol. The number of halogens is 3. The van der Waals surface area contributed by atoms with Gasteiger partial charge in [-0.25, -0.2) is 0 Å². The molecule has 1 aromatic carbocycles. The van der Waals surface area contributed by atoms with Crippen LogP contribution in [0.4, 0.5) is 12.9 Å². The van der Waals surface area contributed by atoms with Crippen molar-refractivity contribution in [3.05, 3.63) is 53.9 Å². The molecule has 0 bridgehead atoms. The van der Waals surface area contributed by atoms with Gasteiger partial charge < -0.3 is 17.7 Å². The molecule has 1 heterocycles. The molecule has 1 aromatic heterocycles. The molecule has 2 nitrogen and oxygen atoms in total. The summed E-state index contributed by atoms with van der Waals surface area (Å²) >= 11 is 0. The van der Waals surface area contributed by atoms with Crippen molar-refractivity contribution in [1.82, 2.24) is 4.98 Å². The van der Waals surface area contributed by atoms with Crippen molar-refractivity contribution < 1.29 is 17.7 Å². The summed E-state index contributed by atoms with van der Waals surface area (Å²) in [5.74, 6) is -0.0999. The lowest BCUT2D eigenvalue weighted by Gasteiger charge is -2.20. The summed E-state index contributed by atoms with van der Waals surface area (Å²) in [7, 11) is 0. The highest BCUT2D eigenvalue weighted by Gasteiger charge is 2.29. The number of hydrogen-bond donors (Lipinski definition) is 0. The molecule has 0 amide bonds. The van der Waals surface area contributed by atoms with Crippen molar-refractivity contribution in [2.24, 2.45) is 0 Å². The minimum absolute atomic E-state index is 0.0999. The topological polar surface area (TPSA) is 22.1 Å². The predicted octanol–water partition coefficient (Wildman–Crippen LogP) is 3.07. The molecule has 0 atom stereocenters. The summed E-state index contributed by atoms with van der Waals surface area (Å²) in [6, 6.07) is 7.75. The van der Waals surface area contributed by atoms with Crippen molar-refractivity contribution in [2.45, 2.75) is 13.3 Å². The smallest absolute Gasteiger partial charge is 0.496 e. The zero-order valence-electron chi connectivity index (χ0n) is 11.0. The summed E-state index contributed by atoms with van der Waals surface area (Å²) in [5.41, 5.74) is 0.881. The van der Waals surface area contributed by atoms with Crippen molar-refractivity contribution >= 4 is 12.4 Å². The summed E-state index contributed by atoms with van der Waals surface area (Å²) < 4.78 is 44.2.